The van der Waals surface area contributed by atoms with E-state index in [0.29, 0.717) is 58.7 Å². The number of aromatic nitrogens is 1. The van der Waals surface area contributed by atoms with E-state index < -0.39 is 10.0 Å². The summed E-state index contributed by atoms with van der Waals surface area (Å²) >= 11 is 0. The summed E-state index contributed by atoms with van der Waals surface area (Å²) in [7, 11) is -3.19. The molecule has 1 aromatic carbocycles. The molecule has 1 amide bonds. The third kappa shape index (κ3) is 5.26. The van der Waals surface area contributed by atoms with Crippen molar-refractivity contribution in [3.63, 3.8) is 0 Å². The number of hydrogen-bond donors (Lipinski definition) is 0. The standard InChI is InChI=1S/C25H34N4O4S/c1-19-17-23(20(2)29(19)22-7-5-4-6-8-22)24(30)18-26-13-15-27(16-14-26)25(31)21-9-11-28(12-10-21)34(3,32)33/h4-8,17,21H,9-16,18H2,1-3H3. The summed E-state index contributed by atoms with van der Waals surface area (Å²) in [5, 5.41) is 0. The number of carbonyl (C=O) groups is 2. The maximum Gasteiger partial charge on any atom is 0.225 e. The number of aryl methyl sites for hydroxylation is 1. The summed E-state index contributed by atoms with van der Waals surface area (Å²) < 4.78 is 27.0. The molecule has 2 aliphatic rings. The van der Waals surface area contributed by atoms with E-state index in [4.69, 9.17) is 0 Å². The first-order chi connectivity index (χ1) is 16.1. The first kappa shape index (κ1) is 24.6. The van der Waals surface area contributed by atoms with Crippen LogP contribution in [-0.4, -0.2) is 90.8 Å². The zero-order valence-corrected chi connectivity index (χ0v) is 21.1. The lowest BCUT2D eigenvalue weighted by Crippen LogP contribution is -2.52. The molecule has 0 saturated carbocycles. The zero-order chi connectivity index (χ0) is 24.5. The molecule has 0 bridgehead atoms. The van der Waals surface area contributed by atoms with E-state index in [0.717, 1.165) is 22.6 Å². The molecular formula is C25H34N4O4S. The molecule has 0 aliphatic carbocycles. The lowest BCUT2D eigenvalue weighted by atomic mass is 9.96. The number of rotatable bonds is 6. The third-order valence-corrected chi connectivity index (χ3v) is 8.37. The maximum atomic E-state index is 13.1. The van der Waals surface area contributed by atoms with Crippen LogP contribution in [0.3, 0.4) is 0 Å². The number of amides is 1. The summed E-state index contributed by atoms with van der Waals surface area (Å²) in [6, 6.07) is 12.0. The molecule has 2 aliphatic heterocycles. The Morgan fingerprint density at radius 3 is 2.15 bits per heavy atom. The van der Waals surface area contributed by atoms with E-state index >= 15 is 0 Å². The molecule has 2 aromatic rings. The van der Waals surface area contributed by atoms with Crippen LogP contribution in [0, 0.1) is 19.8 Å². The fraction of sp³-hybridized carbons (Fsp3) is 0.520. The Balaban J connectivity index is 1.31. The van der Waals surface area contributed by atoms with E-state index in [9.17, 15) is 18.0 Å². The van der Waals surface area contributed by atoms with Gasteiger partial charge in [0, 0.05) is 67.8 Å². The lowest BCUT2D eigenvalue weighted by Gasteiger charge is -2.38. The molecule has 0 radical (unpaired) electrons. The topological polar surface area (TPSA) is 82.9 Å². The van der Waals surface area contributed by atoms with Crippen LogP contribution >= 0.6 is 0 Å². The Kier molecular flexibility index (Phi) is 7.25. The largest absolute Gasteiger partial charge is 0.340 e. The Labute approximate surface area is 202 Å². The highest BCUT2D eigenvalue weighted by Gasteiger charge is 2.33. The molecule has 34 heavy (non-hydrogen) atoms. The first-order valence-corrected chi connectivity index (χ1v) is 13.7. The van der Waals surface area contributed by atoms with E-state index in [1.54, 1.807) is 0 Å². The van der Waals surface area contributed by atoms with Gasteiger partial charge in [0.2, 0.25) is 15.9 Å². The summed E-state index contributed by atoms with van der Waals surface area (Å²) in [5.41, 5.74) is 3.77. The van der Waals surface area contributed by atoms with Gasteiger partial charge in [-0.15, -0.1) is 0 Å². The molecule has 2 fully saturated rings. The second kappa shape index (κ2) is 10.0. The van der Waals surface area contributed by atoms with Crippen molar-refractivity contribution in [2.24, 2.45) is 5.92 Å². The number of ketones is 1. The normalized spacial score (nSPS) is 18.9. The van der Waals surface area contributed by atoms with Gasteiger partial charge in [0.25, 0.3) is 0 Å². The Hall–Kier alpha value is -2.49. The van der Waals surface area contributed by atoms with Crippen LogP contribution in [0.15, 0.2) is 36.4 Å². The number of Topliss-reactive ketones (excluding diaryl/α,β-unsaturated/α-hetero) is 1. The molecule has 184 valence electrons. The zero-order valence-electron chi connectivity index (χ0n) is 20.2. The average Bonchev–Trinajstić information content (AvgIpc) is 3.13. The summed E-state index contributed by atoms with van der Waals surface area (Å²) in [6.07, 6.45) is 2.36. The number of sulfonamides is 1. The van der Waals surface area contributed by atoms with Gasteiger partial charge >= 0.3 is 0 Å². The van der Waals surface area contributed by atoms with Crippen LogP contribution in [0.5, 0.6) is 0 Å². The smallest absolute Gasteiger partial charge is 0.225 e. The first-order valence-electron chi connectivity index (χ1n) is 11.9. The van der Waals surface area contributed by atoms with Crippen molar-refractivity contribution in [3.8, 4) is 5.69 Å². The van der Waals surface area contributed by atoms with E-state index in [1.807, 2.05) is 55.1 Å². The van der Waals surface area contributed by atoms with Gasteiger partial charge in [-0.3, -0.25) is 14.5 Å². The average molecular weight is 487 g/mol. The SMILES string of the molecule is Cc1cc(C(=O)CN2CCN(C(=O)C3CCN(S(C)(=O)=O)CC3)CC2)c(C)n1-c1ccccc1. The van der Waals surface area contributed by atoms with Gasteiger partial charge in [-0.1, -0.05) is 18.2 Å². The Morgan fingerprint density at radius 2 is 1.56 bits per heavy atom. The van der Waals surface area contributed by atoms with Crippen LogP contribution in [0.4, 0.5) is 0 Å². The van der Waals surface area contributed by atoms with Crippen molar-refractivity contribution in [1.29, 1.82) is 0 Å². The van der Waals surface area contributed by atoms with Gasteiger partial charge in [0.15, 0.2) is 5.78 Å². The number of hydrogen-bond acceptors (Lipinski definition) is 5. The van der Waals surface area contributed by atoms with Gasteiger partial charge < -0.3 is 9.47 Å². The Bertz CT molecular complexity index is 1140. The van der Waals surface area contributed by atoms with Crippen molar-refractivity contribution in [2.45, 2.75) is 26.7 Å². The van der Waals surface area contributed by atoms with Gasteiger partial charge in [-0.2, -0.15) is 0 Å². The van der Waals surface area contributed by atoms with Crippen molar-refractivity contribution in [3.05, 3.63) is 53.3 Å². The van der Waals surface area contributed by atoms with Crippen LogP contribution < -0.4 is 0 Å². The molecular weight excluding hydrogens is 452 g/mol. The highest BCUT2D eigenvalue weighted by atomic mass is 32.2. The molecule has 0 N–H and O–H groups in total. The summed E-state index contributed by atoms with van der Waals surface area (Å²) in [4.78, 5) is 30.1. The fourth-order valence-electron chi connectivity index (χ4n) is 5.13. The van der Waals surface area contributed by atoms with Crippen molar-refractivity contribution < 1.29 is 18.0 Å². The van der Waals surface area contributed by atoms with Gasteiger partial charge in [-0.05, 0) is 44.9 Å². The number of piperazine rings is 1. The minimum Gasteiger partial charge on any atom is -0.340 e. The highest BCUT2D eigenvalue weighted by molar-refractivity contribution is 7.88. The van der Waals surface area contributed by atoms with Crippen LogP contribution in [-0.2, 0) is 14.8 Å². The second-order valence-corrected chi connectivity index (χ2v) is 11.4. The molecule has 2 saturated heterocycles. The Morgan fingerprint density at radius 1 is 0.941 bits per heavy atom. The monoisotopic (exact) mass is 486 g/mol. The molecule has 9 heteroatoms. The lowest BCUT2D eigenvalue weighted by molar-refractivity contribution is -0.138. The second-order valence-electron chi connectivity index (χ2n) is 9.42. The van der Waals surface area contributed by atoms with Crippen molar-refractivity contribution in [1.82, 2.24) is 18.7 Å². The van der Waals surface area contributed by atoms with Crippen LogP contribution in [0.1, 0.15) is 34.6 Å². The summed E-state index contributed by atoms with van der Waals surface area (Å²) in [6.45, 7) is 7.68. The van der Waals surface area contributed by atoms with E-state index in [-0.39, 0.29) is 17.6 Å². The molecule has 8 nitrogen and oxygen atoms in total. The van der Waals surface area contributed by atoms with Gasteiger partial charge in [0.1, 0.15) is 0 Å². The predicted molar refractivity (Wildman–Crippen MR) is 132 cm³/mol. The van der Waals surface area contributed by atoms with Gasteiger partial charge in [0.05, 0.1) is 12.8 Å². The number of piperidine rings is 1. The maximum absolute atomic E-state index is 13.1. The highest BCUT2D eigenvalue weighted by Crippen LogP contribution is 2.23. The predicted octanol–water partition coefficient (Wildman–Crippen LogP) is 2.09. The minimum atomic E-state index is -3.19. The van der Waals surface area contributed by atoms with Crippen LogP contribution in [0.25, 0.3) is 5.69 Å². The molecule has 1 aromatic heterocycles. The van der Waals surface area contributed by atoms with E-state index in [2.05, 4.69) is 9.47 Å². The third-order valence-electron chi connectivity index (χ3n) is 7.07. The molecule has 0 spiro atoms. The number of nitrogens with zero attached hydrogens (tertiary/aromatic N) is 4. The fourth-order valence-corrected chi connectivity index (χ4v) is 6.00. The van der Waals surface area contributed by atoms with Crippen molar-refractivity contribution >= 4 is 21.7 Å². The van der Waals surface area contributed by atoms with Crippen LogP contribution in [0.2, 0.25) is 0 Å². The minimum absolute atomic E-state index is 0.100. The molecule has 0 unspecified atom stereocenters. The quantitative estimate of drug-likeness (QED) is 0.584. The molecule has 3 heterocycles. The van der Waals surface area contributed by atoms with E-state index in [1.165, 1.54) is 10.6 Å². The van der Waals surface area contributed by atoms with Gasteiger partial charge in [-0.25, -0.2) is 12.7 Å². The van der Waals surface area contributed by atoms with Crippen molar-refractivity contribution in [2.75, 3.05) is 52.1 Å². The molecule has 0 atom stereocenters. The summed E-state index contributed by atoms with van der Waals surface area (Å²) in [5.74, 6) is 0.100. The number of benzene rings is 1. The number of para-hydroxylation sites is 1. The molecule has 4 rings (SSSR count). The number of carbonyl (C=O) groups excluding carboxylic acids is 2.